The third-order valence-electron chi connectivity index (χ3n) is 6.10. The molecule has 2 amide bonds. The number of carbonyl (C=O) groups is 2. The van der Waals surface area contributed by atoms with Gasteiger partial charge in [0.15, 0.2) is 17.3 Å². The highest BCUT2D eigenvalue weighted by molar-refractivity contribution is 6.24. The Hall–Kier alpha value is -3.03. The van der Waals surface area contributed by atoms with E-state index in [1.165, 1.54) is 5.56 Å². The van der Waals surface area contributed by atoms with Gasteiger partial charge in [0.1, 0.15) is 0 Å². The van der Waals surface area contributed by atoms with E-state index in [0.29, 0.717) is 29.2 Å². The van der Waals surface area contributed by atoms with Gasteiger partial charge in [0.05, 0.1) is 31.5 Å². The fourth-order valence-electron chi connectivity index (χ4n) is 4.87. The molecule has 1 aliphatic carbocycles. The molecular formula is C21H26N4O4. The largest absolute Gasteiger partial charge is 0.493 e. The molecule has 8 nitrogen and oxygen atoms in total. The minimum atomic E-state index is -0.743. The zero-order valence-corrected chi connectivity index (χ0v) is 16.9. The van der Waals surface area contributed by atoms with Gasteiger partial charge in [-0.2, -0.15) is 5.10 Å². The normalized spacial score (nSPS) is 24.6. The number of Topliss-reactive ketones (excluding diaryl/α,β-unsaturated/α-hetero) is 1. The van der Waals surface area contributed by atoms with Gasteiger partial charge in [0.25, 0.3) is 0 Å². The van der Waals surface area contributed by atoms with Crippen molar-refractivity contribution in [1.29, 1.82) is 0 Å². The van der Waals surface area contributed by atoms with E-state index >= 15 is 0 Å². The summed E-state index contributed by atoms with van der Waals surface area (Å²) in [4.78, 5) is 26.4. The first kappa shape index (κ1) is 19.3. The first-order valence-electron chi connectivity index (χ1n) is 9.87. The zero-order chi connectivity index (χ0) is 20.7. The number of nitrogens with one attached hydrogen (secondary N) is 1. The summed E-state index contributed by atoms with van der Waals surface area (Å²) >= 11 is 0. The number of methoxy groups -OCH3 is 2. The van der Waals surface area contributed by atoms with E-state index in [4.69, 9.17) is 15.2 Å². The number of hydrazone groups is 1. The number of hydrogen-bond donors (Lipinski definition) is 2. The van der Waals surface area contributed by atoms with Crippen LogP contribution in [-0.2, 0) is 11.2 Å². The lowest BCUT2D eigenvalue weighted by Crippen LogP contribution is -2.48. The van der Waals surface area contributed by atoms with Crippen LogP contribution in [0.4, 0.5) is 4.79 Å². The summed E-state index contributed by atoms with van der Waals surface area (Å²) in [5.74, 6) is 1.35. The molecular weight excluding hydrogens is 372 g/mol. The van der Waals surface area contributed by atoms with Crippen LogP contribution in [-0.4, -0.2) is 43.2 Å². The highest BCUT2D eigenvalue weighted by Gasteiger charge is 2.44. The van der Waals surface area contributed by atoms with Crippen molar-refractivity contribution < 1.29 is 19.1 Å². The SMILES string of the molecule is COc1cc2c(cc1OC)[C@@H]1[C@H](C)C(=NNC(N)=O)C3=C(CCCC3=O)N1CC2. The molecule has 3 N–H and O–H groups in total. The van der Waals surface area contributed by atoms with Crippen molar-refractivity contribution in [2.75, 3.05) is 20.8 Å². The fraction of sp³-hybridized carbons (Fsp3) is 0.476. The first-order valence-corrected chi connectivity index (χ1v) is 9.87. The molecule has 4 rings (SSSR count). The summed E-state index contributed by atoms with van der Waals surface area (Å²) in [5, 5.41) is 4.27. The van der Waals surface area contributed by atoms with Crippen LogP contribution in [0.15, 0.2) is 28.5 Å². The van der Waals surface area contributed by atoms with Crippen molar-refractivity contribution >= 4 is 17.5 Å². The molecule has 2 heterocycles. The van der Waals surface area contributed by atoms with Gasteiger partial charge in [0.2, 0.25) is 0 Å². The quantitative estimate of drug-likeness (QED) is 0.760. The van der Waals surface area contributed by atoms with Crippen molar-refractivity contribution in [2.24, 2.45) is 16.8 Å². The number of hydrogen-bond acceptors (Lipinski definition) is 6. The smallest absolute Gasteiger partial charge is 0.332 e. The minimum absolute atomic E-state index is 0.00312. The van der Waals surface area contributed by atoms with Gasteiger partial charge in [-0.25, -0.2) is 10.2 Å². The van der Waals surface area contributed by atoms with Gasteiger partial charge >= 0.3 is 6.03 Å². The van der Waals surface area contributed by atoms with Gasteiger partial charge in [0, 0.05) is 24.6 Å². The van der Waals surface area contributed by atoms with E-state index in [1.807, 2.05) is 19.1 Å². The monoisotopic (exact) mass is 398 g/mol. The average Bonchev–Trinajstić information content (AvgIpc) is 2.72. The molecule has 2 atom stereocenters. The molecule has 0 unspecified atom stereocenters. The van der Waals surface area contributed by atoms with Gasteiger partial charge in [-0.15, -0.1) is 0 Å². The Bertz CT molecular complexity index is 937. The molecule has 0 fully saturated rings. The average molecular weight is 398 g/mol. The van der Waals surface area contributed by atoms with Crippen molar-refractivity contribution in [3.05, 3.63) is 34.5 Å². The maximum atomic E-state index is 12.8. The molecule has 154 valence electrons. The lowest BCUT2D eigenvalue weighted by atomic mass is 9.74. The fourth-order valence-corrected chi connectivity index (χ4v) is 4.87. The second-order valence-corrected chi connectivity index (χ2v) is 7.65. The van der Waals surface area contributed by atoms with Crippen molar-refractivity contribution in [1.82, 2.24) is 10.3 Å². The molecule has 2 aliphatic heterocycles. The van der Waals surface area contributed by atoms with E-state index in [0.717, 1.165) is 37.1 Å². The van der Waals surface area contributed by atoms with Gasteiger partial charge in [-0.05, 0) is 42.5 Å². The second-order valence-electron chi connectivity index (χ2n) is 7.65. The van der Waals surface area contributed by atoms with Crippen LogP contribution in [0.25, 0.3) is 0 Å². The Morgan fingerprint density at radius 1 is 1.21 bits per heavy atom. The molecule has 0 bridgehead atoms. The number of ether oxygens (including phenoxy) is 2. The van der Waals surface area contributed by atoms with Crippen LogP contribution >= 0.6 is 0 Å². The Labute approximate surface area is 169 Å². The Morgan fingerprint density at radius 3 is 2.62 bits per heavy atom. The number of urea groups is 1. The lowest BCUT2D eigenvalue weighted by molar-refractivity contribution is -0.116. The van der Waals surface area contributed by atoms with Crippen molar-refractivity contribution in [3.8, 4) is 11.5 Å². The Kier molecular flexibility index (Phi) is 4.94. The van der Waals surface area contributed by atoms with E-state index in [-0.39, 0.29) is 17.7 Å². The lowest BCUT2D eigenvalue weighted by Gasteiger charge is -2.48. The topological polar surface area (TPSA) is 106 Å². The summed E-state index contributed by atoms with van der Waals surface area (Å²) in [5.41, 5.74) is 12.2. The highest BCUT2D eigenvalue weighted by atomic mass is 16.5. The van der Waals surface area contributed by atoms with Crippen LogP contribution in [0, 0.1) is 5.92 Å². The molecule has 0 aromatic heterocycles. The van der Waals surface area contributed by atoms with E-state index < -0.39 is 6.03 Å². The predicted molar refractivity (Wildman–Crippen MR) is 108 cm³/mol. The maximum Gasteiger partial charge on any atom is 0.332 e. The summed E-state index contributed by atoms with van der Waals surface area (Å²) in [7, 11) is 3.26. The number of nitrogens with two attached hydrogens (primary N) is 1. The molecule has 29 heavy (non-hydrogen) atoms. The molecule has 1 aromatic carbocycles. The van der Waals surface area contributed by atoms with Crippen LogP contribution in [0.5, 0.6) is 11.5 Å². The van der Waals surface area contributed by atoms with Crippen molar-refractivity contribution in [2.45, 2.75) is 38.6 Å². The van der Waals surface area contributed by atoms with Gasteiger partial charge < -0.3 is 20.1 Å². The van der Waals surface area contributed by atoms with Crippen LogP contribution < -0.4 is 20.6 Å². The third-order valence-corrected chi connectivity index (χ3v) is 6.10. The summed E-state index contributed by atoms with van der Waals surface area (Å²) < 4.78 is 11.0. The molecule has 0 saturated carbocycles. The summed E-state index contributed by atoms with van der Waals surface area (Å²) in [6.45, 7) is 2.86. The number of ketones is 1. The number of fused-ring (bicyclic) bond motifs is 4. The van der Waals surface area contributed by atoms with Crippen molar-refractivity contribution in [3.63, 3.8) is 0 Å². The zero-order valence-electron chi connectivity index (χ0n) is 16.9. The van der Waals surface area contributed by atoms with E-state index in [2.05, 4.69) is 15.4 Å². The first-order chi connectivity index (χ1) is 14.0. The van der Waals surface area contributed by atoms with Crippen LogP contribution in [0.1, 0.15) is 43.4 Å². The predicted octanol–water partition coefficient (Wildman–Crippen LogP) is 2.28. The number of primary amides is 1. The highest BCUT2D eigenvalue weighted by Crippen LogP contribution is 2.48. The van der Waals surface area contributed by atoms with Crippen LogP contribution in [0.2, 0.25) is 0 Å². The van der Waals surface area contributed by atoms with Gasteiger partial charge in [-0.3, -0.25) is 4.79 Å². The summed E-state index contributed by atoms with van der Waals surface area (Å²) in [6.07, 6.45) is 3.00. The number of carbonyl (C=O) groups excluding carboxylic acids is 2. The molecule has 1 aromatic rings. The molecule has 0 radical (unpaired) electrons. The minimum Gasteiger partial charge on any atom is -0.493 e. The van der Waals surface area contributed by atoms with E-state index in [1.54, 1.807) is 14.2 Å². The Balaban J connectivity index is 1.88. The van der Waals surface area contributed by atoms with Gasteiger partial charge in [-0.1, -0.05) is 6.92 Å². The standard InChI is InChI=1S/C21H26N4O4/c1-11-19(23-24-21(22)27)18-14(5-4-6-15(18)26)25-8-7-12-9-16(28-2)17(29-3)10-13(12)20(11)25/h9-11,20H,4-8H2,1-3H3,(H3,22,24,27)/t11-,20+/m1/s1. The van der Waals surface area contributed by atoms with Crippen LogP contribution in [0.3, 0.4) is 0 Å². The number of amides is 2. The number of rotatable bonds is 3. The number of benzene rings is 1. The Morgan fingerprint density at radius 2 is 1.93 bits per heavy atom. The molecule has 8 heteroatoms. The number of allylic oxidation sites excluding steroid dienone is 2. The second kappa shape index (κ2) is 7.42. The summed E-state index contributed by atoms with van der Waals surface area (Å²) in [6, 6.07) is 3.31. The third kappa shape index (κ3) is 3.12. The molecule has 0 spiro atoms. The van der Waals surface area contributed by atoms with E-state index in [9.17, 15) is 9.59 Å². The number of nitrogens with zero attached hydrogens (tertiary/aromatic N) is 2. The molecule has 0 saturated heterocycles. The molecule has 3 aliphatic rings. The maximum absolute atomic E-state index is 12.8.